The molecule has 2 aromatic heterocycles. The number of benzene rings is 1. The van der Waals surface area contributed by atoms with Gasteiger partial charge in [-0.3, -0.25) is 4.79 Å². The Morgan fingerprint density at radius 1 is 1.21 bits per heavy atom. The lowest BCUT2D eigenvalue weighted by Crippen LogP contribution is -2.61. The highest BCUT2D eigenvalue weighted by Gasteiger charge is 2.49. The first kappa shape index (κ1) is 18.4. The molecule has 3 heterocycles. The number of aromatic nitrogens is 3. The highest BCUT2D eigenvalue weighted by atomic mass is 79.9. The largest absolute Gasteiger partial charge is 0.497 e. The van der Waals surface area contributed by atoms with E-state index < -0.39 is 0 Å². The van der Waals surface area contributed by atoms with Crippen molar-refractivity contribution >= 4 is 21.8 Å². The van der Waals surface area contributed by atoms with Gasteiger partial charge in [-0.1, -0.05) is 12.1 Å². The minimum absolute atomic E-state index is 0.0685. The maximum absolute atomic E-state index is 13.6. The number of rotatable bonds is 4. The van der Waals surface area contributed by atoms with Crippen molar-refractivity contribution in [2.24, 2.45) is 0 Å². The molecule has 0 atom stereocenters. The number of amides is 1. The molecule has 0 N–H and O–H groups in total. The monoisotopic (exact) mass is 452 g/mol. The molecule has 2 aliphatic rings. The van der Waals surface area contributed by atoms with E-state index in [2.05, 4.69) is 35.4 Å². The third-order valence-electron chi connectivity index (χ3n) is 6.14. The van der Waals surface area contributed by atoms with Gasteiger partial charge in [-0.05, 0) is 59.0 Å². The van der Waals surface area contributed by atoms with E-state index in [-0.39, 0.29) is 11.4 Å². The van der Waals surface area contributed by atoms with Crippen LogP contribution in [0.4, 0.5) is 0 Å². The van der Waals surface area contributed by atoms with Gasteiger partial charge in [0.05, 0.1) is 22.8 Å². The summed E-state index contributed by atoms with van der Waals surface area (Å²) in [6, 6.07) is 9.83. The molecule has 1 amide bonds. The minimum Gasteiger partial charge on any atom is -0.497 e. The molecule has 1 aliphatic heterocycles. The maximum atomic E-state index is 13.6. The second kappa shape index (κ2) is 6.99. The highest BCUT2D eigenvalue weighted by Crippen LogP contribution is 2.46. The molecule has 29 heavy (non-hydrogen) atoms. The first-order valence-corrected chi connectivity index (χ1v) is 10.5. The lowest BCUT2D eigenvalue weighted by atomic mass is 9.73. The molecule has 1 spiro atoms. The van der Waals surface area contributed by atoms with E-state index in [1.165, 1.54) is 6.33 Å². The van der Waals surface area contributed by atoms with Crippen LogP contribution < -0.4 is 4.74 Å². The van der Waals surface area contributed by atoms with Gasteiger partial charge in [0.2, 0.25) is 0 Å². The van der Waals surface area contributed by atoms with Gasteiger partial charge in [-0.2, -0.15) is 0 Å². The van der Waals surface area contributed by atoms with Crippen molar-refractivity contribution in [2.75, 3.05) is 7.11 Å². The van der Waals surface area contributed by atoms with E-state index in [9.17, 15) is 4.79 Å². The molecule has 0 radical (unpaired) electrons. The van der Waals surface area contributed by atoms with Gasteiger partial charge in [0.25, 0.3) is 5.91 Å². The molecular formula is C22H21BrN4O2. The van der Waals surface area contributed by atoms with Crippen molar-refractivity contribution in [1.29, 1.82) is 0 Å². The molecule has 7 heteroatoms. The molecule has 1 aliphatic carbocycles. The second-order valence-corrected chi connectivity index (χ2v) is 8.54. The molecule has 0 unspecified atom stereocenters. The number of nitrogens with zero attached hydrogens (tertiary/aromatic N) is 4. The number of hydrogen-bond acceptors (Lipinski definition) is 4. The van der Waals surface area contributed by atoms with E-state index in [0.29, 0.717) is 12.2 Å². The molecule has 1 saturated carbocycles. The van der Waals surface area contributed by atoms with Crippen LogP contribution in [0, 0.1) is 0 Å². The number of fused-ring (bicyclic) bond motifs is 1. The number of carbonyl (C=O) groups excluding carboxylic acids is 1. The second-order valence-electron chi connectivity index (χ2n) is 7.75. The van der Waals surface area contributed by atoms with Crippen LogP contribution in [0.15, 0.2) is 53.5 Å². The van der Waals surface area contributed by atoms with E-state index in [1.54, 1.807) is 13.3 Å². The molecular weight excluding hydrogens is 432 g/mol. The third kappa shape index (κ3) is 2.95. The first-order chi connectivity index (χ1) is 14.1. The Morgan fingerprint density at radius 2 is 2.00 bits per heavy atom. The van der Waals surface area contributed by atoms with Gasteiger partial charge in [0, 0.05) is 31.0 Å². The van der Waals surface area contributed by atoms with E-state index in [0.717, 1.165) is 52.9 Å². The average molecular weight is 453 g/mol. The van der Waals surface area contributed by atoms with Gasteiger partial charge < -0.3 is 14.2 Å². The number of ether oxygens (including phenoxy) is 1. The fourth-order valence-corrected chi connectivity index (χ4v) is 5.12. The smallest absolute Gasteiger partial charge is 0.272 e. The van der Waals surface area contributed by atoms with Crippen molar-refractivity contribution in [3.05, 3.63) is 64.8 Å². The van der Waals surface area contributed by atoms with Crippen LogP contribution in [0.1, 0.15) is 35.3 Å². The molecule has 1 aromatic carbocycles. The van der Waals surface area contributed by atoms with E-state index in [4.69, 9.17) is 4.74 Å². The number of carbonyl (C=O) groups is 1. The summed E-state index contributed by atoms with van der Waals surface area (Å²) in [5, 5.41) is 0. The molecule has 1 fully saturated rings. The van der Waals surface area contributed by atoms with Crippen LogP contribution in [-0.2, 0) is 13.1 Å². The number of halogens is 1. The van der Waals surface area contributed by atoms with Crippen LogP contribution in [0.3, 0.4) is 0 Å². The lowest BCUT2D eigenvalue weighted by Gasteiger charge is -2.53. The zero-order chi connectivity index (χ0) is 20.0. The number of hydrogen-bond donors (Lipinski definition) is 0. The summed E-state index contributed by atoms with van der Waals surface area (Å²) < 4.78 is 8.17. The van der Waals surface area contributed by atoms with Gasteiger partial charge in [0.1, 0.15) is 17.8 Å². The summed E-state index contributed by atoms with van der Waals surface area (Å²) >= 11 is 3.68. The molecule has 0 bridgehead atoms. The summed E-state index contributed by atoms with van der Waals surface area (Å²) in [4.78, 5) is 24.1. The third-order valence-corrected chi connectivity index (χ3v) is 6.95. The fourth-order valence-electron chi connectivity index (χ4n) is 4.41. The van der Waals surface area contributed by atoms with Gasteiger partial charge in [-0.15, -0.1) is 0 Å². The normalized spacial score (nSPS) is 17.2. The Morgan fingerprint density at radius 3 is 2.62 bits per heavy atom. The molecule has 6 nitrogen and oxygen atoms in total. The predicted octanol–water partition coefficient (Wildman–Crippen LogP) is 4.29. The van der Waals surface area contributed by atoms with E-state index >= 15 is 0 Å². The van der Waals surface area contributed by atoms with E-state index in [1.807, 2.05) is 36.5 Å². The summed E-state index contributed by atoms with van der Waals surface area (Å²) in [5.41, 5.74) is 3.44. The summed E-state index contributed by atoms with van der Waals surface area (Å²) in [6.07, 6.45) is 8.52. The zero-order valence-electron chi connectivity index (χ0n) is 16.1. The molecule has 0 saturated heterocycles. The standard InChI is InChI=1S/C22H21BrN4O2/c1-29-16-5-3-15(4-6-16)11-27-21(28)20-19(23)17(18-7-10-24-14-25-18)12-26(20)13-22(27)8-2-9-22/h3-7,10,12,14H,2,8-9,11,13H2,1H3. The number of methoxy groups -OCH3 is 1. The van der Waals surface area contributed by atoms with Crippen LogP contribution in [0.2, 0.25) is 0 Å². The molecule has 148 valence electrons. The Balaban J connectivity index is 1.53. The van der Waals surface area contributed by atoms with Crippen LogP contribution in [-0.4, -0.2) is 38.0 Å². The highest BCUT2D eigenvalue weighted by molar-refractivity contribution is 9.10. The van der Waals surface area contributed by atoms with Crippen molar-refractivity contribution in [1.82, 2.24) is 19.4 Å². The first-order valence-electron chi connectivity index (χ1n) is 9.71. The SMILES string of the molecule is COc1ccc(CN2C(=O)c3c(Br)c(-c4ccncn4)cn3CC23CCC3)cc1. The molecule has 5 rings (SSSR count). The lowest BCUT2D eigenvalue weighted by molar-refractivity contribution is -0.00969. The zero-order valence-corrected chi connectivity index (χ0v) is 17.7. The van der Waals surface area contributed by atoms with Crippen LogP contribution in [0.25, 0.3) is 11.3 Å². The van der Waals surface area contributed by atoms with Crippen molar-refractivity contribution < 1.29 is 9.53 Å². The van der Waals surface area contributed by atoms with Gasteiger partial charge >= 0.3 is 0 Å². The maximum Gasteiger partial charge on any atom is 0.272 e. The fraction of sp³-hybridized carbons (Fsp3) is 0.318. The quantitative estimate of drug-likeness (QED) is 0.591. The average Bonchev–Trinajstić information content (AvgIpc) is 3.06. The van der Waals surface area contributed by atoms with Crippen LogP contribution in [0.5, 0.6) is 5.75 Å². The van der Waals surface area contributed by atoms with Crippen LogP contribution >= 0.6 is 15.9 Å². The minimum atomic E-state index is -0.106. The Bertz CT molecular complexity index is 1060. The van der Waals surface area contributed by atoms with Gasteiger partial charge in [-0.25, -0.2) is 9.97 Å². The molecule has 3 aromatic rings. The summed E-state index contributed by atoms with van der Waals surface area (Å²) in [6.45, 7) is 1.41. The summed E-state index contributed by atoms with van der Waals surface area (Å²) in [5.74, 6) is 0.891. The Hall–Kier alpha value is -2.67. The van der Waals surface area contributed by atoms with Crippen molar-refractivity contribution in [2.45, 2.75) is 37.9 Å². The topological polar surface area (TPSA) is 60.2 Å². The Labute approximate surface area is 177 Å². The van der Waals surface area contributed by atoms with Crippen molar-refractivity contribution in [3.63, 3.8) is 0 Å². The van der Waals surface area contributed by atoms with Gasteiger partial charge in [0.15, 0.2) is 0 Å². The predicted molar refractivity (Wildman–Crippen MR) is 113 cm³/mol. The summed E-state index contributed by atoms with van der Waals surface area (Å²) in [7, 11) is 1.66. The van der Waals surface area contributed by atoms with Crippen molar-refractivity contribution in [3.8, 4) is 17.0 Å². The Kier molecular flexibility index (Phi) is 4.42.